The fraction of sp³-hybridized carbons (Fsp3) is 0.733. The number of piperidine rings is 1. The first-order chi connectivity index (χ1) is 9.78. The predicted octanol–water partition coefficient (Wildman–Crippen LogP) is 1.23. The molecule has 1 N–H and O–H groups in total. The number of nitrogens with one attached hydrogen (secondary N) is 1. The molecule has 0 spiro atoms. The molecule has 0 radical (unpaired) electrons. The quantitative estimate of drug-likeness (QED) is 0.879. The number of nitrogens with zero attached hydrogens (tertiary/aromatic N) is 3. The molecule has 1 aromatic heterocycles. The lowest BCUT2D eigenvalue weighted by molar-refractivity contribution is 0.402. The van der Waals surface area contributed by atoms with Crippen LogP contribution in [0.1, 0.15) is 32.1 Å². The van der Waals surface area contributed by atoms with Crippen molar-refractivity contribution in [3.63, 3.8) is 0 Å². The maximum absolute atomic E-state index is 12.2. The molecule has 5 nitrogen and oxygen atoms in total. The summed E-state index contributed by atoms with van der Waals surface area (Å²) in [5, 5.41) is 7.68. The van der Waals surface area contributed by atoms with Gasteiger partial charge >= 0.3 is 0 Å². The number of hydrogen-bond donors (Lipinski definition) is 1. The lowest BCUT2D eigenvalue weighted by atomic mass is 10.1. The minimum Gasteiger partial charge on any atom is -0.370 e. The van der Waals surface area contributed by atoms with Gasteiger partial charge < -0.3 is 10.2 Å². The Morgan fingerprint density at radius 3 is 2.70 bits per heavy atom. The van der Waals surface area contributed by atoms with Crippen LogP contribution >= 0.6 is 0 Å². The van der Waals surface area contributed by atoms with Crippen LogP contribution in [0.15, 0.2) is 17.1 Å². The van der Waals surface area contributed by atoms with Crippen LogP contribution in [0, 0.1) is 5.92 Å². The average molecular weight is 276 g/mol. The highest BCUT2D eigenvalue weighted by molar-refractivity contribution is 5.43. The van der Waals surface area contributed by atoms with Crippen molar-refractivity contribution < 1.29 is 0 Å². The maximum atomic E-state index is 12.2. The van der Waals surface area contributed by atoms with E-state index in [1.165, 1.54) is 32.1 Å². The van der Waals surface area contributed by atoms with Gasteiger partial charge in [-0.25, -0.2) is 4.68 Å². The van der Waals surface area contributed by atoms with E-state index in [2.05, 4.69) is 15.3 Å². The van der Waals surface area contributed by atoms with Gasteiger partial charge in [-0.1, -0.05) is 0 Å². The van der Waals surface area contributed by atoms with Crippen LogP contribution in [-0.4, -0.2) is 36.0 Å². The van der Waals surface area contributed by atoms with Crippen molar-refractivity contribution in [2.45, 2.75) is 44.7 Å². The van der Waals surface area contributed by atoms with E-state index in [-0.39, 0.29) is 5.56 Å². The molecule has 1 aliphatic heterocycles. The van der Waals surface area contributed by atoms with Crippen molar-refractivity contribution in [3.8, 4) is 0 Å². The van der Waals surface area contributed by atoms with E-state index in [0.717, 1.165) is 24.7 Å². The van der Waals surface area contributed by atoms with Crippen molar-refractivity contribution in [2.75, 3.05) is 25.0 Å². The molecule has 2 aliphatic rings. The molecular formula is C15H24N4O. The molecular weight excluding hydrogens is 252 g/mol. The molecule has 0 bridgehead atoms. The first-order valence-electron chi connectivity index (χ1n) is 7.77. The van der Waals surface area contributed by atoms with Gasteiger partial charge in [0.25, 0.3) is 5.56 Å². The number of likely N-dealkylation sites (N-methyl/N-ethyl adjacent to an activating group) is 1. The second-order valence-corrected chi connectivity index (χ2v) is 6.01. The molecule has 110 valence electrons. The van der Waals surface area contributed by atoms with Crippen LogP contribution in [0.5, 0.6) is 0 Å². The summed E-state index contributed by atoms with van der Waals surface area (Å²) in [5.74, 6) is 0.718. The van der Waals surface area contributed by atoms with Gasteiger partial charge in [-0.15, -0.1) is 0 Å². The summed E-state index contributed by atoms with van der Waals surface area (Å²) in [7, 11) is 1.97. The van der Waals surface area contributed by atoms with Gasteiger partial charge in [0, 0.05) is 25.2 Å². The highest BCUT2D eigenvalue weighted by Gasteiger charge is 2.30. The largest absolute Gasteiger partial charge is 0.370 e. The third kappa shape index (κ3) is 3.03. The second kappa shape index (κ2) is 5.95. The second-order valence-electron chi connectivity index (χ2n) is 6.01. The first-order valence-corrected chi connectivity index (χ1v) is 7.77. The average Bonchev–Trinajstić information content (AvgIpc) is 3.31. The van der Waals surface area contributed by atoms with Crippen molar-refractivity contribution in [2.24, 2.45) is 5.92 Å². The van der Waals surface area contributed by atoms with E-state index in [1.54, 1.807) is 10.7 Å². The zero-order valence-corrected chi connectivity index (χ0v) is 12.2. The molecule has 1 aromatic rings. The molecule has 1 atom stereocenters. The van der Waals surface area contributed by atoms with E-state index < -0.39 is 0 Å². The normalized spacial score (nSPS) is 20.9. The third-order valence-electron chi connectivity index (χ3n) is 4.51. The Hall–Kier alpha value is -1.36. The van der Waals surface area contributed by atoms with Crippen LogP contribution in [0.4, 0.5) is 5.69 Å². The van der Waals surface area contributed by atoms with Crippen molar-refractivity contribution in [3.05, 3.63) is 22.6 Å². The SMILES string of the molecule is CNC(Cn1ncc(N2CCCCC2)cc1=O)C1CC1. The molecule has 1 saturated carbocycles. The van der Waals surface area contributed by atoms with Crippen LogP contribution in [0.25, 0.3) is 0 Å². The molecule has 1 unspecified atom stereocenters. The van der Waals surface area contributed by atoms with Gasteiger partial charge in [-0.3, -0.25) is 4.79 Å². The van der Waals surface area contributed by atoms with Crippen molar-refractivity contribution in [1.82, 2.24) is 15.1 Å². The Morgan fingerprint density at radius 2 is 2.10 bits per heavy atom. The minimum absolute atomic E-state index is 0.0222. The molecule has 0 amide bonds. The number of rotatable bonds is 5. The molecule has 20 heavy (non-hydrogen) atoms. The standard InChI is InChI=1S/C15H24N4O/c1-16-14(12-5-6-12)11-19-15(20)9-13(10-17-19)18-7-3-2-4-8-18/h9-10,12,14,16H,2-8,11H2,1H3. The maximum Gasteiger partial charge on any atom is 0.268 e. The zero-order chi connectivity index (χ0) is 13.9. The molecule has 2 fully saturated rings. The predicted molar refractivity (Wildman–Crippen MR) is 80.1 cm³/mol. The Kier molecular flexibility index (Phi) is 4.05. The summed E-state index contributed by atoms with van der Waals surface area (Å²) in [6, 6.07) is 2.12. The number of hydrogen-bond acceptors (Lipinski definition) is 4. The fourth-order valence-corrected chi connectivity index (χ4v) is 3.05. The van der Waals surface area contributed by atoms with Gasteiger partial charge in [-0.2, -0.15) is 5.10 Å². The van der Waals surface area contributed by atoms with E-state index in [4.69, 9.17) is 0 Å². The van der Waals surface area contributed by atoms with Crippen LogP contribution in [0.2, 0.25) is 0 Å². The van der Waals surface area contributed by atoms with Gasteiger partial charge in [0.15, 0.2) is 0 Å². The Bertz CT molecular complexity index is 503. The van der Waals surface area contributed by atoms with Crippen LogP contribution in [-0.2, 0) is 6.54 Å². The topological polar surface area (TPSA) is 50.2 Å². The van der Waals surface area contributed by atoms with E-state index in [1.807, 2.05) is 13.2 Å². The lowest BCUT2D eigenvalue weighted by Crippen LogP contribution is -2.38. The van der Waals surface area contributed by atoms with Gasteiger partial charge in [0.05, 0.1) is 18.4 Å². The summed E-state index contributed by atoms with van der Waals surface area (Å²) >= 11 is 0. The summed E-state index contributed by atoms with van der Waals surface area (Å²) in [6.45, 7) is 2.78. The summed E-state index contributed by atoms with van der Waals surface area (Å²) in [4.78, 5) is 14.5. The summed E-state index contributed by atoms with van der Waals surface area (Å²) in [5.41, 5.74) is 1.01. The Morgan fingerprint density at radius 1 is 1.35 bits per heavy atom. The Balaban J connectivity index is 1.71. The van der Waals surface area contributed by atoms with Crippen molar-refractivity contribution >= 4 is 5.69 Å². The first kappa shape index (κ1) is 13.6. The highest BCUT2D eigenvalue weighted by Crippen LogP contribution is 2.32. The fourth-order valence-electron chi connectivity index (χ4n) is 3.05. The summed E-state index contributed by atoms with van der Waals surface area (Å²) < 4.78 is 1.60. The zero-order valence-electron chi connectivity index (χ0n) is 12.2. The van der Waals surface area contributed by atoms with E-state index in [0.29, 0.717) is 12.6 Å². The molecule has 3 rings (SSSR count). The summed E-state index contributed by atoms with van der Waals surface area (Å²) in [6.07, 6.45) is 8.12. The monoisotopic (exact) mass is 276 g/mol. The number of anilines is 1. The van der Waals surface area contributed by atoms with E-state index in [9.17, 15) is 4.79 Å². The molecule has 1 aliphatic carbocycles. The van der Waals surface area contributed by atoms with Crippen LogP contribution < -0.4 is 15.8 Å². The minimum atomic E-state index is 0.0222. The molecule has 2 heterocycles. The van der Waals surface area contributed by atoms with Gasteiger partial charge in [-0.05, 0) is 45.1 Å². The lowest BCUT2D eigenvalue weighted by Gasteiger charge is -2.28. The Labute approximate surface area is 120 Å². The molecule has 5 heteroatoms. The van der Waals surface area contributed by atoms with Crippen LogP contribution in [0.3, 0.4) is 0 Å². The molecule has 0 aromatic carbocycles. The van der Waals surface area contributed by atoms with Gasteiger partial charge in [0.1, 0.15) is 0 Å². The number of aromatic nitrogens is 2. The van der Waals surface area contributed by atoms with Crippen molar-refractivity contribution in [1.29, 1.82) is 0 Å². The smallest absolute Gasteiger partial charge is 0.268 e. The van der Waals surface area contributed by atoms with E-state index >= 15 is 0 Å². The third-order valence-corrected chi connectivity index (χ3v) is 4.51. The van der Waals surface area contributed by atoms with Gasteiger partial charge in [0.2, 0.25) is 0 Å². The highest BCUT2D eigenvalue weighted by atomic mass is 16.1. The molecule has 1 saturated heterocycles.